The molecule has 3 rings (SSSR count). The SMILES string of the molecule is Cc1cc(C)c(NC(=O)CSc2ccc(-c3ccccc3)nn2)c(C)c1. The number of amides is 1. The molecule has 4 nitrogen and oxygen atoms in total. The fourth-order valence-corrected chi connectivity index (χ4v) is 3.47. The molecule has 1 aromatic heterocycles. The molecule has 2 aromatic carbocycles. The monoisotopic (exact) mass is 363 g/mol. The Labute approximate surface area is 158 Å². The van der Waals surface area contributed by atoms with Crippen molar-refractivity contribution < 1.29 is 4.79 Å². The van der Waals surface area contributed by atoms with Crippen LogP contribution in [0, 0.1) is 20.8 Å². The Bertz CT molecular complexity index is 885. The van der Waals surface area contributed by atoms with Gasteiger partial charge in [0.1, 0.15) is 5.03 Å². The predicted octanol–water partition coefficient (Wildman–Crippen LogP) is 4.80. The number of aromatic nitrogens is 2. The molecule has 3 aromatic rings. The summed E-state index contributed by atoms with van der Waals surface area (Å²) in [5.41, 5.74) is 6.10. The van der Waals surface area contributed by atoms with Crippen LogP contribution in [0.3, 0.4) is 0 Å². The van der Waals surface area contributed by atoms with Crippen molar-refractivity contribution in [1.29, 1.82) is 0 Å². The second-order valence-corrected chi connectivity index (χ2v) is 7.23. The molecule has 26 heavy (non-hydrogen) atoms. The first-order chi connectivity index (χ1) is 12.5. The number of nitrogens with zero attached hydrogens (tertiary/aromatic N) is 2. The third-order valence-electron chi connectivity index (χ3n) is 4.00. The van der Waals surface area contributed by atoms with Gasteiger partial charge in [0.25, 0.3) is 0 Å². The molecule has 0 radical (unpaired) electrons. The van der Waals surface area contributed by atoms with Crippen molar-refractivity contribution in [1.82, 2.24) is 10.2 Å². The first kappa shape index (κ1) is 18.1. The molecule has 1 N–H and O–H groups in total. The number of anilines is 1. The summed E-state index contributed by atoms with van der Waals surface area (Å²) in [6.07, 6.45) is 0. The van der Waals surface area contributed by atoms with Crippen LogP contribution in [-0.2, 0) is 4.79 Å². The van der Waals surface area contributed by atoms with E-state index in [0.717, 1.165) is 33.1 Å². The lowest BCUT2D eigenvalue weighted by molar-refractivity contribution is -0.113. The van der Waals surface area contributed by atoms with E-state index in [1.54, 1.807) is 0 Å². The summed E-state index contributed by atoms with van der Waals surface area (Å²) >= 11 is 1.38. The Morgan fingerprint density at radius 1 is 0.962 bits per heavy atom. The third-order valence-corrected chi connectivity index (χ3v) is 4.92. The van der Waals surface area contributed by atoms with Crippen molar-refractivity contribution in [2.75, 3.05) is 11.1 Å². The minimum atomic E-state index is -0.0426. The number of thioether (sulfide) groups is 1. The number of hydrogen-bond donors (Lipinski definition) is 1. The highest BCUT2D eigenvalue weighted by Gasteiger charge is 2.10. The van der Waals surface area contributed by atoms with Crippen molar-refractivity contribution >= 4 is 23.4 Å². The molecular weight excluding hydrogens is 342 g/mol. The zero-order chi connectivity index (χ0) is 18.5. The Balaban J connectivity index is 1.60. The molecule has 0 atom stereocenters. The van der Waals surface area contributed by atoms with Crippen molar-refractivity contribution in [3.8, 4) is 11.3 Å². The van der Waals surface area contributed by atoms with E-state index in [2.05, 4.69) is 34.6 Å². The van der Waals surface area contributed by atoms with Gasteiger partial charge in [-0.1, -0.05) is 59.8 Å². The molecule has 0 unspecified atom stereocenters. The molecule has 0 aliphatic heterocycles. The highest BCUT2D eigenvalue weighted by Crippen LogP contribution is 2.23. The second-order valence-electron chi connectivity index (χ2n) is 6.23. The summed E-state index contributed by atoms with van der Waals surface area (Å²) in [6, 6.07) is 17.9. The Kier molecular flexibility index (Phi) is 5.68. The molecule has 0 saturated carbocycles. The van der Waals surface area contributed by atoms with Gasteiger partial charge in [0.15, 0.2) is 0 Å². The van der Waals surface area contributed by atoms with Gasteiger partial charge in [-0.15, -0.1) is 10.2 Å². The van der Waals surface area contributed by atoms with Crippen LogP contribution in [0.15, 0.2) is 59.6 Å². The normalized spacial score (nSPS) is 10.6. The van der Waals surface area contributed by atoms with E-state index in [1.165, 1.54) is 17.3 Å². The third kappa shape index (κ3) is 4.49. The van der Waals surface area contributed by atoms with Gasteiger partial charge in [0.05, 0.1) is 11.4 Å². The van der Waals surface area contributed by atoms with Crippen LogP contribution in [0.1, 0.15) is 16.7 Å². The first-order valence-corrected chi connectivity index (χ1v) is 9.41. The van der Waals surface area contributed by atoms with Gasteiger partial charge >= 0.3 is 0 Å². The number of benzene rings is 2. The van der Waals surface area contributed by atoms with Gasteiger partial charge in [-0.05, 0) is 44.0 Å². The summed E-state index contributed by atoms with van der Waals surface area (Å²) < 4.78 is 0. The lowest BCUT2D eigenvalue weighted by Gasteiger charge is -2.12. The number of aryl methyl sites for hydroxylation is 3. The molecule has 0 spiro atoms. The molecule has 0 fully saturated rings. The van der Waals surface area contributed by atoms with Crippen LogP contribution >= 0.6 is 11.8 Å². The van der Waals surface area contributed by atoms with Crippen LogP contribution in [0.25, 0.3) is 11.3 Å². The maximum Gasteiger partial charge on any atom is 0.234 e. The van der Waals surface area contributed by atoms with Crippen molar-refractivity contribution in [3.05, 3.63) is 71.3 Å². The lowest BCUT2D eigenvalue weighted by atomic mass is 10.1. The van der Waals surface area contributed by atoms with Gasteiger partial charge < -0.3 is 5.32 Å². The smallest absolute Gasteiger partial charge is 0.234 e. The minimum absolute atomic E-state index is 0.0426. The van der Waals surface area contributed by atoms with Crippen LogP contribution in [-0.4, -0.2) is 21.9 Å². The highest BCUT2D eigenvalue weighted by atomic mass is 32.2. The number of carbonyl (C=O) groups excluding carboxylic acids is 1. The maximum atomic E-state index is 12.3. The van der Waals surface area contributed by atoms with Crippen LogP contribution in [0.4, 0.5) is 5.69 Å². The molecule has 1 heterocycles. The summed E-state index contributed by atoms with van der Waals surface area (Å²) in [6.45, 7) is 6.08. The molecular formula is C21H21N3OS. The van der Waals surface area contributed by atoms with E-state index < -0.39 is 0 Å². The van der Waals surface area contributed by atoms with Crippen LogP contribution in [0.2, 0.25) is 0 Å². The topological polar surface area (TPSA) is 54.9 Å². The van der Waals surface area contributed by atoms with E-state index in [9.17, 15) is 4.79 Å². The lowest BCUT2D eigenvalue weighted by Crippen LogP contribution is -2.16. The van der Waals surface area contributed by atoms with E-state index in [-0.39, 0.29) is 5.91 Å². The van der Waals surface area contributed by atoms with E-state index in [0.29, 0.717) is 5.75 Å². The van der Waals surface area contributed by atoms with Crippen molar-refractivity contribution in [2.24, 2.45) is 0 Å². The molecule has 0 aliphatic carbocycles. The summed E-state index contributed by atoms with van der Waals surface area (Å²) in [5, 5.41) is 12.2. The number of carbonyl (C=O) groups is 1. The van der Waals surface area contributed by atoms with Gasteiger partial charge in [-0.25, -0.2) is 0 Å². The van der Waals surface area contributed by atoms with Gasteiger partial charge in [-0.3, -0.25) is 4.79 Å². The van der Waals surface area contributed by atoms with E-state index >= 15 is 0 Å². The highest BCUT2D eigenvalue weighted by molar-refractivity contribution is 7.99. The van der Waals surface area contributed by atoms with Gasteiger partial charge in [0, 0.05) is 11.3 Å². The standard InChI is InChI=1S/C21H21N3OS/c1-14-11-15(2)21(16(3)12-14)22-19(25)13-26-20-10-9-18(23-24-20)17-7-5-4-6-8-17/h4-12H,13H2,1-3H3,(H,22,25). The number of nitrogens with one attached hydrogen (secondary N) is 1. The summed E-state index contributed by atoms with van der Waals surface area (Å²) in [4.78, 5) is 12.3. The average molecular weight is 363 g/mol. The Hall–Kier alpha value is -2.66. The zero-order valence-corrected chi connectivity index (χ0v) is 15.9. The Morgan fingerprint density at radius 3 is 2.27 bits per heavy atom. The zero-order valence-electron chi connectivity index (χ0n) is 15.1. The number of rotatable bonds is 5. The summed E-state index contributed by atoms with van der Waals surface area (Å²) in [7, 11) is 0. The van der Waals surface area contributed by atoms with Crippen molar-refractivity contribution in [2.45, 2.75) is 25.8 Å². The fraction of sp³-hybridized carbons (Fsp3) is 0.190. The van der Waals surface area contributed by atoms with Gasteiger partial charge in [0.2, 0.25) is 5.91 Å². The van der Waals surface area contributed by atoms with Crippen molar-refractivity contribution in [3.63, 3.8) is 0 Å². The molecule has 5 heteroatoms. The predicted molar refractivity (Wildman–Crippen MR) is 107 cm³/mol. The van der Waals surface area contributed by atoms with E-state index in [4.69, 9.17) is 0 Å². The fourth-order valence-electron chi connectivity index (χ4n) is 2.85. The minimum Gasteiger partial charge on any atom is -0.325 e. The summed E-state index contributed by atoms with van der Waals surface area (Å²) in [5.74, 6) is 0.255. The molecule has 0 saturated heterocycles. The quantitative estimate of drug-likeness (QED) is 0.662. The molecule has 0 bridgehead atoms. The largest absolute Gasteiger partial charge is 0.325 e. The van der Waals surface area contributed by atoms with E-state index in [1.807, 2.05) is 56.3 Å². The average Bonchev–Trinajstić information content (AvgIpc) is 2.64. The van der Waals surface area contributed by atoms with Crippen LogP contribution in [0.5, 0.6) is 0 Å². The second kappa shape index (κ2) is 8.15. The molecule has 1 amide bonds. The Morgan fingerprint density at radius 2 is 1.65 bits per heavy atom. The number of hydrogen-bond acceptors (Lipinski definition) is 4. The van der Waals surface area contributed by atoms with Crippen LogP contribution < -0.4 is 5.32 Å². The molecule has 132 valence electrons. The molecule has 0 aliphatic rings. The first-order valence-electron chi connectivity index (χ1n) is 8.42. The van der Waals surface area contributed by atoms with Gasteiger partial charge in [-0.2, -0.15) is 0 Å². The maximum absolute atomic E-state index is 12.3.